The molecule has 0 radical (unpaired) electrons. The Morgan fingerprint density at radius 1 is 0.225 bits per heavy atom. The summed E-state index contributed by atoms with van der Waals surface area (Å²) in [5.74, 6) is 0. The second-order valence-electron chi connectivity index (χ2n) is 11.8. The lowest BCUT2D eigenvalue weighted by Gasteiger charge is -2.08. The molecule has 0 nitrogen and oxygen atoms in total. The molecule has 0 saturated heterocycles. The monoisotopic (exact) mass is 528 g/mol. The molecule has 0 atom stereocenters. The first-order chi connectivity index (χ1) is 18.8. The first-order valence-corrected chi connectivity index (χ1v) is 14.4. The largest absolute Gasteiger partial charge is 0.0584 e. The first-order valence-electron chi connectivity index (χ1n) is 14.4. The van der Waals surface area contributed by atoms with Gasteiger partial charge in [0.2, 0.25) is 0 Å². The van der Waals surface area contributed by atoms with Gasteiger partial charge < -0.3 is 0 Å². The lowest BCUT2D eigenvalue weighted by atomic mass is 9.98. The molecular weight excluding hydrogens is 480 g/mol. The molecule has 0 N–H and O–H groups in total. The van der Waals surface area contributed by atoms with Gasteiger partial charge in [-0.25, -0.2) is 0 Å². The highest BCUT2D eigenvalue weighted by Crippen LogP contribution is 2.25. The van der Waals surface area contributed by atoms with Crippen LogP contribution in [0.3, 0.4) is 0 Å². The van der Waals surface area contributed by atoms with E-state index in [4.69, 9.17) is 0 Å². The zero-order valence-corrected chi connectivity index (χ0v) is 26.9. The van der Waals surface area contributed by atoms with Crippen LogP contribution in [0.1, 0.15) is 66.8 Å². The Morgan fingerprint density at radius 2 is 0.450 bits per heavy atom. The molecule has 0 aromatic heterocycles. The minimum Gasteiger partial charge on any atom is -0.0584 e. The average molecular weight is 529 g/mol. The number of aryl methyl sites for hydroxylation is 12. The van der Waals surface area contributed by atoms with Crippen molar-refractivity contribution in [3.63, 3.8) is 0 Å². The van der Waals surface area contributed by atoms with Crippen molar-refractivity contribution in [2.24, 2.45) is 0 Å². The number of rotatable bonds is 1. The number of hydrogen-bond donors (Lipinski definition) is 0. The summed E-state index contributed by atoms with van der Waals surface area (Å²) in [4.78, 5) is 0. The maximum absolute atomic E-state index is 2.27. The average Bonchev–Trinajstić information content (AvgIpc) is 2.89. The van der Waals surface area contributed by atoms with Crippen LogP contribution >= 0.6 is 0 Å². The van der Waals surface area contributed by atoms with Crippen LogP contribution in [-0.4, -0.2) is 0 Å². The molecule has 40 heavy (non-hydrogen) atoms. The van der Waals surface area contributed by atoms with E-state index in [-0.39, 0.29) is 0 Å². The third-order valence-electron chi connectivity index (χ3n) is 8.52. The summed E-state index contributed by atoms with van der Waals surface area (Å²) in [6, 6.07) is 26.9. The standard InChI is InChI=1S/C16H18.C14H16.C10H14/c1-11-5-7-15(9-13(11)3)16-8-6-12(2)14(4)10-16;1-9-5-13-7-11(3)12(4)8-14(13)6-10(9)2;1-7-5-9(3)10(4)6-8(7)2/h5-10H,1-4H3;5-8H,1-4H3;5-6H,1-4H3. The highest BCUT2D eigenvalue weighted by molar-refractivity contribution is 5.85. The predicted octanol–water partition coefficient (Wildman–Crippen LogP) is 11.6. The van der Waals surface area contributed by atoms with E-state index in [1.807, 2.05) is 0 Å². The Kier molecular flexibility index (Phi) is 10.2. The van der Waals surface area contributed by atoms with E-state index in [1.54, 1.807) is 0 Å². The smallest absolute Gasteiger partial charge is 0.0178 e. The molecule has 0 heterocycles. The second kappa shape index (κ2) is 13.1. The number of benzene rings is 5. The molecule has 5 rings (SSSR count). The third-order valence-corrected chi connectivity index (χ3v) is 8.52. The zero-order valence-electron chi connectivity index (χ0n) is 26.9. The van der Waals surface area contributed by atoms with Gasteiger partial charge in [-0.3, -0.25) is 0 Å². The van der Waals surface area contributed by atoms with Gasteiger partial charge in [-0.05, 0) is 172 Å². The molecule has 0 aliphatic rings. The number of fused-ring (bicyclic) bond motifs is 1. The fraction of sp³-hybridized carbons (Fsp3) is 0.300. The molecule has 5 aromatic carbocycles. The van der Waals surface area contributed by atoms with Crippen LogP contribution in [0.25, 0.3) is 21.9 Å². The molecular formula is C40H48. The van der Waals surface area contributed by atoms with Crippen molar-refractivity contribution >= 4 is 10.8 Å². The van der Waals surface area contributed by atoms with Crippen LogP contribution in [0, 0.1) is 83.1 Å². The van der Waals surface area contributed by atoms with Gasteiger partial charge >= 0.3 is 0 Å². The molecule has 0 amide bonds. The summed E-state index contributed by atoms with van der Waals surface area (Å²) in [6.07, 6.45) is 0. The van der Waals surface area contributed by atoms with Gasteiger partial charge in [0.1, 0.15) is 0 Å². The van der Waals surface area contributed by atoms with E-state index < -0.39 is 0 Å². The summed E-state index contributed by atoms with van der Waals surface area (Å²) >= 11 is 0. The third kappa shape index (κ3) is 7.72. The van der Waals surface area contributed by atoms with Gasteiger partial charge in [-0.15, -0.1) is 0 Å². The van der Waals surface area contributed by atoms with Gasteiger partial charge in [0.15, 0.2) is 0 Å². The van der Waals surface area contributed by atoms with Gasteiger partial charge in [-0.2, -0.15) is 0 Å². The lowest BCUT2D eigenvalue weighted by molar-refractivity contribution is 1.24. The number of hydrogen-bond acceptors (Lipinski definition) is 0. The predicted molar refractivity (Wildman–Crippen MR) is 179 cm³/mol. The van der Waals surface area contributed by atoms with Gasteiger partial charge in [0.05, 0.1) is 0 Å². The van der Waals surface area contributed by atoms with Crippen LogP contribution in [0.2, 0.25) is 0 Å². The van der Waals surface area contributed by atoms with E-state index in [1.165, 1.54) is 88.7 Å². The molecule has 0 fully saturated rings. The van der Waals surface area contributed by atoms with Crippen LogP contribution in [0.5, 0.6) is 0 Å². The fourth-order valence-electron chi connectivity index (χ4n) is 4.75. The van der Waals surface area contributed by atoms with Crippen molar-refractivity contribution in [1.82, 2.24) is 0 Å². The maximum atomic E-state index is 2.27. The van der Waals surface area contributed by atoms with Crippen LogP contribution in [0.4, 0.5) is 0 Å². The Bertz CT molecular complexity index is 1460. The zero-order chi connectivity index (χ0) is 29.7. The van der Waals surface area contributed by atoms with E-state index >= 15 is 0 Å². The van der Waals surface area contributed by atoms with Gasteiger partial charge in [-0.1, -0.05) is 72.8 Å². The Balaban J connectivity index is 0.000000170. The van der Waals surface area contributed by atoms with Crippen molar-refractivity contribution in [3.05, 3.63) is 140 Å². The molecule has 208 valence electrons. The fourth-order valence-corrected chi connectivity index (χ4v) is 4.75. The van der Waals surface area contributed by atoms with E-state index in [0.717, 1.165) is 0 Å². The molecule has 0 heteroatoms. The molecule has 0 spiro atoms. The highest BCUT2D eigenvalue weighted by Gasteiger charge is 2.02. The Morgan fingerprint density at radius 3 is 0.700 bits per heavy atom. The van der Waals surface area contributed by atoms with Crippen LogP contribution in [0.15, 0.2) is 72.8 Å². The summed E-state index contributed by atoms with van der Waals surface area (Å²) in [7, 11) is 0. The van der Waals surface area contributed by atoms with Gasteiger partial charge in [0, 0.05) is 0 Å². The van der Waals surface area contributed by atoms with E-state index in [2.05, 4.69) is 156 Å². The van der Waals surface area contributed by atoms with E-state index in [0.29, 0.717) is 0 Å². The quantitative estimate of drug-likeness (QED) is 0.203. The minimum absolute atomic E-state index is 1.31. The summed E-state index contributed by atoms with van der Waals surface area (Å²) < 4.78 is 0. The summed E-state index contributed by atoms with van der Waals surface area (Å²) in [5, 5.41) is 2.72. The lowest BCUT2D eigenvalue weighted by Crippen LogP contribution is -1.86. The Labute approximate surface area is 244 Å². The van der Waals surface area contributed by atoms with Crippen molar-refractivity contribution in [2.45, 2.75) is 83.1 Å². The van der Waals surface area contributed by atoms with Crippen LogP contribution in [-0.2, 0) is 0 Å². The molecule has 0 bridgehead atoms. The molecule has 5 aromatic rings. The van der Waals surface area contributed by atoms with Crippen molar-refractivity contribution in [3.8, 4) is 11.1 Å². The molecule has 0 aliphatic carbocycles. The Hall–Kier alpha value is -3.64. The molecule has 0 aliphatic heterocycles. The first kappa shape index (κ1) is 30.9. The van der Waals surface area contributed by atoms with Crippen molar-refractivity contribution < 1.29 is 0 Å². The van der Waals surface area contributed by atoms with Gasteiger partial charge in [0.25, 0.3) is 0 Å². The summed E-state index contributed by atoms with van der Waals surface area (Å²) in [5.41, 5.74) is 19.1. The van der Waals surface area contributed by atoms with Crippen molar-refractivity contribution in [1.29, 1.82) is 0 Å². The topological polar surface area (TPSA) is 0 Å². The molecule has 0 unspecified atom stereocenters. The summed E-state index contributed by atoms with van der Waals surface area (Å²) in [6.45, 7) is 25.9. The van der Waals surface area contributed by atoms with E-state index in [9.17, 15) is 0 Å². The van der Waals surface area contributed by atoms with Crippen LogP contribution < -0.4 is 0 Å². The normalized spacial score (nSPS) is 10.5. The minimum atomic E-state index is 1.31. The maximum Gasteiger partial charge on any atom is -0.0178 e. The SMILES string of the molecule is Cc1cc(C)c(C)cc1C.Cc1cc2cc(C)c(C)cc2cc1C.Cc1ccc(-c2ccc(C)c(C)c2)cc1C. The van der Waals surface area contributed by atoms with Crippen molar-refractivity contribution in [2.75, 3.05) is 0 Å². The second-order valence-corrected chi connectivity index (χ2v) is 11.8. The molecule has 0 saturated carbocycles. The highest BCUT2D eigenvalue weighted by atomic mass is 14.1.